The molecule has 0 spiro atoms. The first-order chi connectivity index (χ1) is 10.1. The molecular weight excluding hydrogens is 292 g/mol. The van der Waals surface area contributed by atoms with Crippen molar-refractivity contribution in [2.24, 2.45) is 0 Å². The molecule has 0 fully saturated rings. The molecule has 0 saturated heterocycles. The number of ether oxygens (including phenoxy) is 1. The van der Waals surface area contributed by atoms with Gasteiger partial charge in [0.25, 0.3) is 0 Å². The molecule has 0 saturated carbocycles. The number of aromatic nitrogens is 2. The van der Waals surface area contributed by atoms with Crippen LogP contribution in [0.15, 0.2) is 41.6 Å². The van der Waals surface area contributed by atoms with Crippen molar-refractivity contribution in [2.75, 3.05) is 7.11 Å². The van der Waals surface area contributed by atoms with Gasteiger partial charge in [0.2, 0.25) is 0 Å². The summed E-state index contributed by atoms with van der Waals surface area (Å²) in [5, 5.41) is 9.47. The highest BCUT2D eigenvalue weighted by molar-refractivity contribution is 7.98. The summed E-state index contributed by atoms with van der Waals surface area (Å²) in [6, 6.07) is 8.25. The predicted octanol–water partition coefficient (Wildman–Crippen LogP) is 2.25. The zero-order chi connectivity index (χ0) is 15.2. The highest BCUT2D eigenvalue weighted by Gasteiger charge is 2.08. The van der Waals surface area contributed by atoms with Gasteiger partial charge in [-0.05, 0) is 24.3 Å². The Bertz CT molecular complexity index is 658. The van der Waals surface area contributed by atoms with E-state index in [2.05, 4.69) is 14.7 Å². The van der Waals surface area contributed by atoms with Gasteiger partial charge < -0.3 is 9.84 Å². The molecule has 0 bridgehead atoms. The number of rotatable bonds is 5. The van der Waals surface area contributed by atoms with Crippen LogP contribution in [0.2, 0.25) is 0 Å². The van der Waals surface area contributed by atoms with Crippen LogP contribution in [-0.2, 0) is 10.5 Å². The van der Waals surface area contributed by atoms with Crippen molar-refractivity contribution in [2.45, 2.75) is 10.8 Å². The fraction of sp³-hybridized carbons (Fsp3) is 0.143. The molecule has 0 amide bonds. The van der Waals surface area contributed by atoms with Crippen molar-refractivity contribution in [3.8, 4) is 0 Å². The lowest BCUT2D eigenvalue weighted by molar-refractivity contribution is 0.0593. The van der Waals surface area contributed by atoms with E-state index in [-0.39, 0.29) is 11.3 Å². The molecule has 0 aliphatic carbocycles. The van der Waals surface area contributed by atoms with Crippen LogP contribution in [0.25, 0.3) is 0 Å². The molecule has 0 radical (unpaired) electrons. The third-order valence-electron chi connectivity index (χ3n) is 2.55. The molecule has 2 heterocycles. The minimum absolute atomic E-state index is 0.144. The number of pyridine rings is 2. The zero-order valence-corrected chi connectivity index (χ0v) is 12.0. The molecule has 108 valence electrons. The van der Waals surface area contributed by atoms with Gasteiger partial charge in [0.05, 0.1) is 23.4 Å². The Kier molecular flexibility index (Phi) is 4.89. The van der Waals surface area contributed by atoms with Crippen molar-refractivity contribution in [3.63, 3.8) is 0 Å². The molecule has 7 heteroatoms. The van der Waals surface area contributed by atoms with Gasteiger partial charge in [0.15, 0.2) is 0 Å². The second-order valence-electron chi connectivity index (χ2n) is 3.98. The van der Waals surface area contributed by atoms with Gasteiger partial charge in [-0.3, -0.25) is 0 Å². The van der Waals surface area contributed by atoms with Gasteiger partial charge in [0.1, 0.15) is 5.69 Å². The van der Waals surface area contributed by atoms with Crippen LogP contribution >= 0.6 is 11.8 Å². The Balaban J connectivity index is 2.02. The summed E-state index contributed by atoms with van der Waals surface area (Å²) in [4.78, 5) is 30.3. The topological polar surface area (TPSA) is 89.4 Å². The third-order valence-corrected chi connectivity index (χ3v) is 3.53. The lowest BCUT2D eigenvalue weighted by Gasteiger charge is -2.03. The Morgan fingerprint density at radius 2 is 2.10 bits per heavy atom. The molecule has 2 rings (SSSR count). The number of hydrogen-bond donors (Lipinski definition) is 1. The van der Waals surface area contributed by atoms with E-state index in [1.807, 2.05) is 0 Å². The van der Waals surface area contributed by atoms with Gasteiger partial charge >= 0.3 is 11.9 Å². The number of esters is 1. The number of carbonyl (C=O) groups is 2. The van der Waals surface area contributed by atoms with Crippen molar-refractivity contribution in [1.82, 2.24) is 9.97 Å². The lowest BCUT2D eigenvalue weighted by Crippen LogP contribution is -2.05. The predicted molar refractivity (Wildman–Crippen MR) is 76.3 cm³/mol. The van der Waals surface area contributed by atoms with Gasteiger partial charge in [-0.25, -0.2) is 19.6 Å². The lowest BCUT2D eigenvalue weighted by atomic mass is 10.3. The average molecular weight is 304 g/mol. The van der Waals surface area contributed by atoms with Crippen LogP contribution in [0.5, 0.6) is 0 Å². The van der Waals surface area contributed by atoms with Gasteiger partial charge in [0, 0.05) is 11.9 Å². The number of carboxylic acid groups (broad SMARTS) is 1. The summed E-state index contributed by atoms with van der Waals surface area (Å²) < 4.78 is 4.61. The molecule has 6 nitrogen and oxygen atoms in total. The quantitative estimate of drug-likeness (QED) is 0.669. The highest BCUT2D eigenvalue weighted by Crippen LogP contribution is 2.20. The van der Waals surface area contributed by atoms with E-state index < -0.39 is 11.9 Å². The summed E-state index contributed by atoms with van der Waals surface area (Å²) >= 11 is 1.40. The molecule has 0 atom stereocenters. The Hall–Kier alpha value is -2.41. The first-order valence-corrected chi connectivity index (χ1v) is 6.95. The van der Waals surface area contributed by atoms with Crippen molar-refractivity contribution >= 4 is 23.7 Å². The van der Waals surface area contributed by atoms with Gasteiger partial charge in [-0.2, -0.15) is 0 Å². The first-order valence-electron chi connectivity index (χ1n) is 5.96. The normalized spacial score (nSPS) is 10.1. The molecule has 2 aromatic heterocycles. The molecule has 21 heavy (non-hydrogen) atoms. The molecule has 0 aliphatic heterocycles. The minimum Gasteiger partial charge on any atom is -0.478 e. The van der Waals surface area contributed by atoms with E-state index in [0.717, 1.165) is 0 Å². The Morgan fingerprint density at radius 1 is 1.29 bits per heavy atom. The Labute approximate surface area is 125 Å². The van der Waals surface area contributed by atoms with Crippen LogP contribution in [-0.4, -0.2) is 34.1 Å². The zero-order valence-electron chi connectivity index (χ0n) is 11.1. The number of thioether (sulfide) groups is 1. The van der Waals surface area contributed by atoms with Crippen molar-refractivity contribution < 1.29 is 19.4 Å². The molecule has 1 N–H and O–H groups in total. The first kappa shape index (κ1) is 15.0. The third kappa shape index (κ3) is 4.03. The number of aromatic carboxylic acids is 1. The summed E-state index contributed by atoms with van der Waals surface area (Å²) in [6.07, 6.45) is 1.31. The number of nitrogens with zero attached hydrogens (tertiary/aromatic N) is 2. The number of carboxylic acids is 1. The molecule has 2 aromatic rings. The largest absolute Gasteiger partial charge is 0.478 e. The van der Waals surface area contributed by atoms with Crippen LogP contribution in [0.3, 0.4) is 0 Å². The summed E-state index contributed by atoms with van der Waals surface area (Å²) in [7, 11) is 1.30. The van der Waals surface area contributed by atoms with E-state index in [9.17, 15) is 9.59 Å². The maximum absolute atomic E-state index is 11.4. The standard InChI is InChI=1S/C14H12N2O4S/c1-20-14(19)11-4-2-3-10(16-11)8-21-12-6-5-9(7-15-12)13(17)18/h2-7H,8H2,1H3,(H,17,18). The molecule has 0 aliphatic rings. The van der Waals surface area contributed by atoms with Crippen LogP contribution in [0.1, 0.15) is 26.5 Å². The molecular formula is C14H12N2O4S. The van der Waals surface area contributed by atoms with E-state index in [1.165, 1.54) is 31.1 Å². The van der Waals surface area contributed by atoms with Crippen LogP contribution in [0.4, 0.5) is 0 Å². The molecule has 0 unspecified atom stereocenters. The SMILES string of the molecule is COC(=O)c1cccc(CSc2ccc(C(=O)O)cn2)n1. The van der Waals surface area contributed by atoms with E-state index in [1.54, 1.807) is 24.3 Å². The van der Waals surface area contributed by atoms with E-state index >= 15 is 0 Å². The summed E-state index contributed by atoms with van der Waals surface area (Å²) in [6.45, 7) is 0. The second kappa shape index (κ2) is 6.85. The average Bonchev–Trinajstić information content (AvgIpc) is 2.52. The number of carbonyl (C=O) groups excluding carboxylic acids is 1. The van der Waals surface area contributed by atoms with Crippen molar-refractivity contribution in [1.29, 1.82) is 0 Å². The van der Waals surface area contributed by atoms with E-state index in [4.69, 9.17) is 5.11 Å². The Morgan fingerprint density at radius 3 is 2.71 bits per heavy atom. The van der Waals surface area contributed by atoms with Crippen LogP contribution < -0.4 is 0 Å². The summed E-state index contributed by atoms with van der Waals surface area (Å²) in [5.74, 6) is -0.971. The monoisotopic (exact) mass is 304 g/mol. The van der Waals surface area contributed by atoms with Gasteiger partial charge in [-0.1, -0.05) is 6.07 Å². The maximum Gasteiger partial charge on any atom is 0.356 e. The van der Waals surface area contributed by atoms with E-state index in [0.29, 0.717) is 16.5 Å². The maximum atomic E-state index is 11.4. The highest BCUT2D eigenvalue weighted by atomic mass is 32.2. The smallest absolute Gasteiger partial charge is 0.356 e. The molecule has 0 aromatic carbocycles. The second-order valence-corrected chi connectivity index (χ2v) is 4.98. The number of methoxy groups -OCH3 is 1. The van der Waals surface area contributed by atoms with Gasteiger partial charge in [-0.15, -0.1) is 11.8 Å². The fourth-order valence-corrected chi connectivity index (χ4v) is 2.27. The van der Waals surface area contributed by atoms with Crippen LogP contribution in [0, 0.1) is 0 Å². The fourth-order valence-electron chi connectivity index (χ4n) is 1.52. The minimum atomic E-state index is -1.01. The summed E-state index contributed by atoms with van der Waals surface area (Å²) in [5.41, 5.74) is 1.11. The number of hydrogen-bond acceptors (Lipinski definition) is 6. The van der Waals surface area contributed by atoms with Crippen molar-refractivity contribution in [3.05, 3.63) is 53.5 Å².